The molecule has 2 aromatic rings. The quantitative estimate of drug-likeness (QED) is 0.231. The molecule has 176 valence electrons. The van der Waals surface area contributed by atoms with Gasteiger partial charge in [-0.2, -0.15) is 0 Å². The molecule has 2 aromatic carbocycles. The summed E-state index contributed by atoms with van der Waals surface area (Å²) in [5, 5.41) is 7.16. The van der Waals surface area contributed by atoms with Gasteiger partial charge in [0.05, 0.1) is 22.4 Å². The number of nitrogens with one attached hydrogen (secondary N) is 2. The third kappa shape index (κ3) is 7.21. The van der Waals surface area contributed by atoms with Gasteiger partial charge in [0.2, 0.25) is 5.91 Å². The van der Waals surface area contributed by atoms with Crippen molar-refractivity contribution in [1.82, 2.24) is 4.90 Å². The summed E-state index contributed by atoms with van der Waals surface area (Å²) in [6.07, 6.45) is 2.29. The summed E-state index contributed by atoms with van der Waals surface area (Å²) in [6.45, 7) is 9.50. The van der Waals surface area contributed by atoms with E-state index in [1.807, 2.05) is 31.2 Å². The van der Waals surface area contributed by atoms with Gasteiger partial charge in [-0.25, -0.2) is 0 Å². The molecule has 5 nitrogen and oxygen atoms in total. The molecular formula is C25H30ClN3O2S2. The number of ether oxygens (including phenoxy) is 1. The molecule has 0 aliphatic carbocycles. The first-order chi connectivity index (χ1) is 15.8. The maximum absolute atomic E-state index is 11.6. The zero-order valence-electron chi connectivity index (χ0n) is 19.4. The van der Waals surface area contributed by atoms with Gasteiger partial charge in [-0.15, -0.1) is 0 Å². The van der Waals surface area contributed by atoms with E-state index < -0.39 is 0 Å². The highest BCUT2D eigenvalue weighted by molar-refractivity contribution is 8.22. The molecule has 3 rings (SSSR count). The lowest BCUT2D eigenvalue weighted by Crippen LogP contribution is -2.26. The molecular weight excluding hydrogens is 474 g/mol. The first-order valence-corrected chi connectivity index (χ1v) is 12.8. The van der Waals surface area contributed by atoms with Gasteiger partial charge in [-0.3, -0.25) is 4.79 Å². The van der Waals surface area contributed by atoms with E-state index in [2.05, 4.69) is 48.2 Å². The van der Waals surface area contributed by atoms with E-state index in [1.165, 1.54) is 17.2 Å². The lowest BCUT2D eigenvalue weighted by molar-refractivity contribution is -0.111. The molecule has 0 saturated heterocycles. The standard InChI is InChI=1S/C25H30ClN3O2S2/c1-6-24(30)28-20-8-7-9-21(14-20)33-25(16(2)26)32-17(3)27-22-12-18-10-11-29(4)15-19(18)13-23(22)31-5/h6-9,12-14,17,27H,1,10-11,15H2,2-5H3,(H,28,30)/b25-16-. The Balaban J connectivity index is 1.71. The van der Waals surface area contributed by atoms with Crippen LogP contribution in [-0.2, 0) is 17.8 Å². The fraction of sp³-hybridized carbons (Fsp3) is 0.320. The van der Waals surface area contributed by atoms with Gasteiger partial charge in [0, 0.05) is 28.7 Å². The Morgan fingerprint density at radius 2 is 2.09 bits per heavy atom. The number of hydrogen-bond donors (Lipinski definition) is 2. The highest BCUT2D eigenvalue weighted by Gasteiger charge is 2.19. The molecule has 0 bridgehead atoms. The normalized spacial score (nSPS) is 15.2. The smallest absolute Gasteiger partial charge is 0.247 e. The van der Waals surface area contributed by atoms with E-state index in [1.54, 1.807) is 30.6 Å². The molecule has 33 heavy (non-hydrogen) atoms. The second-order valence-corrected chi connectivity index (χ2v) is 11.1. The molecule has 1 unspecified atom stereocenters. The molecule has 0 fully saturated rings. The highest BCUT2D eigenvalue weighted by Crippen LogP contribution is 2.42. The van der Waals surface area contributed by atoms with Gasteiger partial charge in [0.1, 0.15) is 5.75 Å². The molecule has 1 aliphatic heterocycles. The van der Waals surface area contributed by atoms with Crippen molar-refractivity contribution in [2.24, 2.45) is 0 Å². The number of rotatable bonds is 9. The van der Waals surface area contributed by atoms with Gasteiger partial charge < -0.3 is 20.3 Å². The molecule has 1 amide bonds. The molecule has 1 atom stereocenters. The maximum atomic E-state index is 11.6. The van der Waals surface area contributed by atoms with Gasteiger partial charge in [-0.05, 0) is 74.9 Å². The average Bonchev–Trinajstić information content (AvgIpc) is 2.78. The van der Waals surface area contributed by atoms with Crippen molar-refractivity contribution >= 4 is 52.4 Å². The number of thioether (sulfide) groups is 2. The monoisotopic (exact) mass is 503 g/mol. The highest BCUT2D eigenvalue weighted by atomic mass is 35.5. The Bertz CT molecular complexity index is 1050. The van der Waals surface area contributed by atoms with Crippen LogP contribution in [0.2, 0.25) is 0 Å². The largest absolute Gasteiger partial charge is 0.495 e. The van der Waals surface area contributed by atoms with Crippen molar-refractivity contribution in [1.29, 1.82) is 0 Å². The topological polar surface area (TPSA) is 53.6 Å². The summed E-state index contributed by atoms with van der Waals surface area (Å²) in [5.74, 6) is 0.613. The van der Waals surface area contributed by atoms with Gasteiger partial charge >= 0.3 is 0 Å². The van der Waals surface area contributed by atoms with Crippen LogP contribution in [0.4, 0.5) is 11.4 Å². The van der Waals surface area contributed by atoms with Crippen molar-refractivity contribution < 1.29 is 9.53 Å². The number of anilines is 2. The lowest BCUT2D eigenvalue weighted by atomic mass is 9.98. The summed E-state index contributed by atoms with van der Waals surface area (Å²) in [6, 6.07) is 12.0. The van der Waals surface area contributed by atoms with E-state index in [4.69, 9.17) is 16.3 Å². The number of allylic oxidation sites excluding steroid dienone is 1. The second-order valence-electron chi connectivity index (χ2n) is 7.86. The van der Waals surface area contributed by atoms with Crippen LogP contribution < -0.4 is 15.4 Å². The number of carbonyl (C=O) groups is 1. The summed E-state index contributed by atoms with van der Waals surface area (Å²) < 4.78 is 6.66. The first kappa shape index (κ1) is 25.6. The Kier molecular flexibility index (Phi) is 9.20. The summed E-state index contributed by atoms with van der Waals surface area (Å²) in [4.78, 5) is 14.9. The van der Waals surface area contributed by atoms with Crippen LogP contribution in [0, 0.1) is 0 Å². The van der Waals surface area contributed by atoms with Gasteiger partial charge in [-0.1, -0.05) is 47.8 Å². The van der Waals surface area contributed by atoms with Crippen molar-refractivity contribution in [2.45, 2.75) is 37.1 Å². The Labute approximate surface area is 210 Å². The number of hydrogen-bond acceptors (Lipinski definition) is 6. The fourth-order valence-electron chi connectivity index (χ4n) is 3.53. The van der Waals surface area contributed by atoms with Crippen LogP contribution in [0.5, 0.6) is 5.75 Å². The SMILES string of the molecule is C=CC(=O)Nc1cccc(S/C(SC(C)Nc2cc3c(cc2OC)CN(C)CC3)=C(/C)Cl)c1. The van der Waals surface area contributed by atoms with Crippen LogP contribution in [0.3, 0.4) is 0 Å². The molecule has 1 heterocycles. The second kappa shape index (κ2) is 11.9. The van der Waals surface area contributed by atoms with Crippen LogP contribution in [0.15, 0.2) is 63.2 Å². The van der Waals surface area contributed by atoms with E-state index in [9.17, 15) is 4.79 Å². The Hall–Kier alpha value is -2.06. The summed E-state index contributed by atoms with van der Waals surface area (Å²) in [7, 11) is 3.85. The number of fused-ring (bicyclic) bond motifs is 1. The van der Waals surface area contributed by atoms with E-state index in [0.29, 0.717) is 0 Å². The van der Waals surface area contributed by atoms with E-state index >= 15 is 0 Å². The first-order valence-electron chi connectivity index (χ1n) is 10.7. The molecule has 2 N–H and O–H groups in total. The minimum Gasteiger partial charge on any atom is -0.495 e. The van der Waals surface area contributed by atoms with Crippen molar-refractivity contribution in [3.05, 3.63) is 69.4 Å². The lowest BCUT2D eigenvalue weighted by Gasteiger charge is -2.27. The van der Waals surface area contributed by atoms with Crippen LogP contribution in [0.1, 0.15) is 25.0 Å². The third-order valence-electron chi connectivity index (χ3n) is 5.15. The number of halogens is 1. The number of amides is 1. The predicted molar refractivity (Wildman–Crippen MR) is 143 cm³/mol. The number of likely N-dealkylation sites (N-methyl/N-ethyl adjacent to an activating group) is 1. The van der Waals surface area contributed by atoms with E-state index in [0.717, 1.165) is 50.8 Å². The number of nitrogens with zero attached hydrogens (tertiary/aromatic N) is 1. The molecule has 0 saturated carbocycles. The number of benzene rings is 2. The Morgan fingerprint density at radius 3 is 2.79 bits per heavy atom. The van der Waals surface area contributed by atoms with Crippen LogP contribution in [0.25, 0.3) is 0 Å². The maximum Gasteiger partial charge on any atom is 0.247 e. The third-order valence-corrected chi connectivity index (χ3v) is 8.07. The Morgan fingerprint density at radius 1 is 1.30 bits per heavy atom. The molecule has 1 aliphatic rings. The van der Waals surface area contributed by atoms with Crippen molar-refractivity contribution in [3.8, 4) is 5.75 Å². The summed E-state index contributed by atoms with van der Waals surface area (Å²) >= 11 is 9.68. The van der Waals surface area contributed by atoms with Crippen molar-refractivity contribution in [3.63, 3.8) is 0 Å². The minimum atomic E-state index is -0.237. The molecule has 0 radical (unpaired) electrons. The number of methoxy groups -OCH3 is 1. The summed E-state index contributed by atoms with van der Waals surface area (Å²) in [5.41, 5.74) is 4.40. The zero-order chi connectivity index (χ0) is 24.0. The van der Waals surface area contributed by atoms with Gasteiger partial charge in [0.25, 0.3) is 0 Å². The minimum absolute atomic E-state index is 0.0584. The van der Waals surface area contributed by atoms with Crippen LogP contribution in [-0.4, -0.2) is 36.9 Å². The van der Waals surface area contributed by atoms with Crippen LogP contribution >= 0.6 is 35.1 Å². The molecule has 8 heteroatoms. The van der Waals surface area contributed by atoms with E-state index in [-0.39, 0.29) is 11.3 Å². The fourth-order valence-corrected chi connectivity index (χ4v) is 6.05. The zero-order valence-corrected chi connectivity index (χ0v) is 21.8. The number of carbonyl (C=O) groups excluding carboxylic acids is 1. The average molecular weight is 504 g/mol. The van der Waals surface area contributed by atoms with Crippen molar-refractivity contribution in [2.75, 3.05) is 31.3 Å². The predicted octanol–water partition coefficient (Wildman–Crippen LogP) is 6.52. The molecule has 0 spiro atoms. The molecule has 0 aromatic heterocycles. The van der Waals surface area contributed by atoms with Gasteiger partial charge in [0.15, 0.2) is 0 Å².